The van der Waals surface area contributed by atoms with Gasteiger partial charge in [0.1, 0.15) is 11.4 Å². The lowest BCUT2D eigenvalue weighted by molar-refractivity contribution is 0.102. The Bertz CT molecular complexity index is 917. The molecule has 0 aliphatic carbocycles. The number of phenols is 1. The molecule has 3 rings (SSSR count). The first kappa shape index (κ1) is 14.2. The maximum atomic E-state index is 12.2. The molecule has 0 saturated carbocycles. The molecule has 0 fully saturated rings. The minimum absolute atomic E-state index is 0.0638. The van der Waals surface area contributed by atoms with Crippen molar-refractivity contribution in [2.24, 2.45) is 0 Å². The summed E-state index contributed by atoms with van der Waals surface area (Å²) in [5.41, 5.74) is 0.503. The van der Waals surface area contributed by atoms with E-state index in [4.69, 9.17) is 11.6 Å². The summed E-state index contributed by atoms with van der Waals surface area (Å²) in [5, 5.41) is 13.3. The van der Waals surface area contributed by atoms with E-state index < -0.39 is 5.91 Å². The fourth-order valence-electron chi connectivity index (χ4n) is 2.11. The van der Waals surface area contributed by atoms with Gasteiger partial charge < -0.3 is 15.4 Å². The summed E-state index contributed by atoms with van der Waals surface area (Å²) in [5.74, 6) is -0.569. The Balaban J connectivity index is 1.99. The highest BCUT2D eigenvalue weighted by molar-refractivity contribution is 6.30. The monoisotopic (exact) mass is 314 g/mol. The summed E-state index contributed by atoms with van der Waals surface area (Å²) in [4.78, 5) is 27.0. The van der Waals surface area contributed by atoms with Crippen LogP contribution in [0.2, 0.25) is 5.02 Å². The Morgan fingerprint density at radius 2 is 1.86 bits per heavy atom. The molecular weight excluding hydrogens is 304 g/mol. The Labute approximate surface area is 130 Å². The smallest absolute Gasteiger partial charge is 0.272 e. The first-order chi connectivity index (χ1) is 10.5. The quantitative estimate of drug-likeness (QED) is 0.679. The van der Waals surface area contributed by atoms with Gasteiger partial charge in [0.15, 0.2) is 5.43 Å². The maximum absolute atomic E-state index is 12.2. The van der Waals surface area contributed by atoms with Gasteiger partial charge in [0.25, 0.3) is 5.91 Å². The van der Waals surface area contributed by atoms with Crippen molar-refractivity contribution in [3.05, 3.63) is 69.5 Å². The van der Waals surface area contributed by atoms with Crippen molar-refractivity contribution in [3.63, 3.8) is 0 Å². The highest BCUT2D eigenvalue weighted by Gasteiger charge is 2.11. The number of para-hydroxylation sites is 1. The van der Waals surface area contributed by atoms with Gasteiger partial charge in [-0.15, -0.1) is 0 Å². The van der Waals surface area contributed by atoms with Crippen LogP contribution in [-0.4, -0.2) is 16.0 Å². The molecule has 2 aromatic carbocycles. The van der Waals surface area contributed by atoms with Crippen LogP contribution in [-0.2, 0) is 0 Å². The molecule has 6 heteroatoms. The number of H-pyrrole nitrogens is 1. The zero-order valence-corrected chi connectivity index (χ0v) is 12.0. The Kier molecular flexibility index (Phi) is 3.56. The van der Waals surface area contributed by atoms with E-state index in [1.54, 1.807) is 36.4 Å². The molecular formula is C16H11ClN2O3. The van der Waals surface area contributed by atoms with Crippen LogP contribution in [0.15, 0.2) is 53.3 Å². The predicted molar refractivity (Wildman–Crippen MR) is 85.6 cm³/mol. The van der Waals surface area contributed by atoms with E-state index in [-0.39, 0.29) is 22.4 Å². The summed E-state index contributed by atoms with van der Waals surface area (Å²) in [6.07, 6.45) is 0. The second kappa shape index (κ2) is 5.54. The number of carbonyl (C=O) groups is 1. The summed E-state index contributed by atoms with van der Waals surface area (Å²) in [6, 6.07) is 12.4. The molecule has 0 unspecified atom stereocenters. The summed E-state index contributed by atoms with van der Waals surface area (Å²) in [7, 11) is 0. The molecule has 0 aliphatic heterocycles. The molecule has 110 valence electrons. The molecule has 5 nitrogen and oxygen atoms in total. The topological polar surface area (TPSA) is 82.2 Å². The van der Waals surface area contributed by atoms with Crippen LogP contribution < -0.4 is 10.7 Å². The van der Waals surface area contributed by atoms with Crippen molar-refractivity contribution in [1.29, 1.82) is 0 Å². The van der Waals surface area contributed by atoms with Crippen molar-refractivity contribution in [2.75, 3.05) is 5.32 Å². The normalized spacial score (nSPS) is 10.6. The van der Waals surface area contributed by atoms with Gasteiger partial charge in [-0.05, 0) is 36.4 Å². The lowest BCUT2D eigenvalue weighted by Gasteiger charge is -2.07. The Hall–Kier alpha value is -2.79. The van der Waals surface area contributed by atoms with Crippen molar-refractivity contribution in [1.82, 2.24) is 4.98 Å². The highest BCUT2D eigenvalue weighted by atomic mass is 35.5. The van der Waals surface area contributed by atoms with Crippen LogP contribution in [0.5, 0.6) is 5.75 Å². The van der Waals surface area contributed by atoms with Gasteiger partial charge in [-0.3, -0.25) is 9.59 Å². The van der Waals surface area contributed by atoms with Crippen LogP contribution in [0.25, 0.3) is 10.9 Å². The summed E-state index contributed by atoms with van der Waals surface area (Å²) < 4.78 is 0. The number of nitrogens with one attached hydrogen (secondary N) is 2. The van der Waals surface area contributed by atoms with Crippen molar-refractivity contribution in [2.45, 2.75) is 0 Å². The van der Waals surface area contributed by atoms with Crippen molar-refractivity contribution in [3.8, 4) is 5.75 Å². The summed E-state index contributed by atoms with van der Waals surface area (Å²) >= 11 is 5.78. The minimum Gasteiger partial charge on any atom is -0.506 e. The molecule has 1 aromatic heterocycles. The molecule has 22 heavy (non-hydrogen) atoms. The molecule has 0 radical (unpaired) electrons. The maximum Gasteiger partial charge on any atom is 0.272 e. The van der Waals surface area contributed by atoms with E-state index in [2.05, 4.69) is 10.3 Å². The van der Waals surface area contributed by atoms with E-state index in [1.165, 1.54) is 12.1 Å². The third-order valence-corrected chi connectivity index (χ3v) is 3.44. The second-order valence-electron chi connectivity index (χ2n) is 4.71. The van der Waals surface area contributed by atoms with E-state index >= 15 is 0 Å². The average Bonchev–Trinajstić information content (AvgIpc) is 2.50. The van der Waals surface area contributed by atoms with Crippen molar-refractivity contribution < 1.29 is 9.90 Å². The molecule has 0 aliphatic rings. The van der Waals surface area contributed by atoms with E-state index in [1.807, 2.05) is 0 Å². The fraction of sp³-hybridized carbons (Fsp3) is 0. The van der Waals surface area contributed by atoms with E-state index in [0.717, 1.165) is 0 Å². The van der Waals surface area contributed by atoms with Gasteiger partial charge in [-0.2, -0.15) is 0 Å². The molecule has 3 aromatic rings. The van der Waals surface area contributed by atoms with Gasteiger partial charge in [-0.25, -0.2) is 0 Å². The Morgan fingerprint density at radius 1 is 1.14 bits per heavy atom. The number of amides is 1. The first-order valence-corrected chi connectivity index (χ1v) is 6.84. The highest BCUT2D eigenvalue weighted by Crippen LogP contribution is 2.20. The lowest BCUT2D eigenvalue weighted by Crippen LogP contribution is -2.17. The number of rotatable bonds is 2. The van der Waals surface area contributed by atoms with Gasteiger partial charge in [-0.1, -0.05) is 17.7 Å². The summed E-state index contributed by atoms with van der Waals surface area (Å²) in [6.45, 7) is 0. The number of anilines is 1. The SMILES string of the molecule is O=C(Nc1ccc(Cl)cc1)c1cc(=O)c2cccc(O)c2[nH]1. The standard InChI is InChI=1S/C16H11ClN2O3/c17-9-4-6-10(7-5-9)18-16(22)12-8-14(21)11-2-1-3-13(20)15(11)19-12/h1-8,20H,(H,18,22)(H,19,21). The molecule has 0 atom stereocenters. The van der Waals surface area contributed by atoms with Gasteiger partial charge in [0, 0.05) is 22.2 Å². The lowest BCUT2D eigenvalue weighted by atomic mass is 10.1. The largest absolute Gasteiger partial charge is 0.506 e. The van der Waals surface area contributed by atoms with E-state index in [9.17, 15) is 14.7 Å². The number of aromatic amines is 1. The van der Waals surface area contributed by atoms with E-state index in [0.29, 0.717) is 16.1 Å². The molecule has 1 heterocycles. The van der Waals surface area contributed by atoms with Gasteiger partial charge >= 0.3 is 0 Å². The van der Waals surface area contributed by atoms with Gasteiger partial charge in [0.05, 0.1) is 5.52 Å². The number of hydrogen-bond acceptors (Lipinski definition) is 3. The molecule has 0 bridgehead atoms. The average molecular weight is 315 g/mol. The first-order valence-electron chi connectivity index (χ1n) is 6.46. The molecule has 1 amide bonds. The van der Waals surface area contributed by atoms with Crippen molar-refractivity contribution >= 4 is 34.1 Å². The molecule has 0 saturated heterocycles. The number of hydrogen-bond donors (Lipinski definition) is 3. The van der Waals surface area contributed by atoms with Crippen LogP contribution in [0.1, 0.15) is 10.5 Å². The third kappa shape index (κ3) is 2.66. The van der Waals surface area contributed by atoms with Crippen LogP contribution in [0, 0.1) is 0 Å². The number of benzene rings is 2. The predicted octanol–water partition coefficient (Wildman–Crippen LogP) is 3.14. The number of aromatic hydroxyl groups is 1. The zero-order chi connectivity index (χ0) is 15.7. The second-order valence-corrected chi connectivity index (χ2v) is 5.14. The Morgan fingerprint density at radius 3 is 2.59 bits per heavy atom. The number of aromatic nitrogens is 1. The number of phenolic OH excluding ortho intramolecular Hbond substituents is 1. The number of halogens is 1. The molecule has 3 N–H and O–H groups in total. The van der Waals surface area contributed by atoms with Gasteiger partial charge in [0.2, 0.25) is 0 Å². The number of carbonyl (C=O) groups excluding carboxylic acids is 1. The van der Waals surface area contributed by atoms with Crippen LogP contribution in [0.3, 0.4) is 0 Å². The molecule has 0 spiro atoms. The number of pyridine rings is 1. The van der Waals surface area contributed by atoms with Crippen LogP contribution >= 0.6 is 11.6 Å². The minimum atomic E-state index is -0.482. The number of fused-ring (bicyclic) bond motifs is 1. The van der Waals surface area contributed by atoms with Crippen LogP contribution in [0.4, 0.5) is 5.69 Å². The third-order valence-electron chi connectivity index (χ3n) is 3.19. The fourth-order valence-corrected chi connectivity index (χ4v) is 2.24. The zero-order valence-electron chi connectivity index (χ0n) is 11.3.